The van der Waals surface area contributed by atoms with E-state index >= 15 is 0 Å². The van der Waals surface area contributed by atoms with Gasteiger partial charge in [0.1, 0.15) is 5.82 Å². The van der Waals surface area contributed by atoms with E-state index in [4.69, 9.17) is 10.5 Å². The third-order valence-corrected chi connectivity index (χ3v) is 3.44. The third-order valence-electron chi connectivity index (χ3n) is 3.44. The first-order valence-electron chi connectivity index (χ1n) is 6.12. The number of ether oxygens (including phenoxy) is 1. The van der Waals surface area contributed by atoms with Crippen LogP contribution < -0.4 is 5.73 Å². The molecule has 1 aliphatic rings. The Balaban J connectivity index is 1.86. The van der Waals surface area contributed by atoms with Crippen molar-refractivity contribution in [2.24, 2.45) is 5.92 Å². The standard InChI is InChI=1S/C13H17N3O/c14-11-1-2-12-8-15-13(16(12)9-11)7-10-3-5-17-6-4-10/h1-2,8-10H,3-7,14H2. The monoisotopic (exact) mass is 231 g/mol. The Labute approximate surface area is 100 Å². The molecule has 90 valence electrons. The van der Waals surface area contributed by atoms with Gasteiger partial charge >= 0.3 is 0 Å². The van der Waals surface area contributed by atoms with Gasteiger partial charge in [0, 0.05) is 31.5 Å². The van der Waals surface area contributed by atoms with Crippen LogP contribution in [-0.4, -0.2) is 22.6 Å². The van der Waals surface area contributed by atoms with E-state index in [9.17, 15) is 0 Å². The molecule has 17 heavy (non-hydrogen) atoms. The molecule has 2 N–H and O–H groups in total. The molecule has 0 aromatic carbocycles. The lowest BCUT2D eigenvalue weighted by Gasteiger charge is -2.21. The zero-order chi connectivity index (χ0) is 11.7. The summed E-state index contributed by atoms with van der Waals surface area (Å²) in [7, 11) is 0. The number of anilines is 1. The Morgan fingerprint density at radius 2 is 2.18 bits per heavy atom. The molecule has 0 spiro atoms. The SMILES string of the molecule is Nc1ccc2cnc(CC3CCOCC3)n2c1. The molecule has 2 aromatic heterocycles. The highest BCUT2D eigenvalue weighted by Gasteiger charge is 2.16. The fraction of sp³-hybridized carbons (Fsp3) is 0.462. The second kappa shape index (κ2) is 4.37. The van der Waals surface area contributed by atoms with Gasteiger partial charge in [0.2, 0.25) is 0 Å². The van der Waals surface area contributed by atoms with E-state index in [1.807, 2.05) is 24.5 Å². The highest BCUT2D eigenvalue weighted by atomic mass is 16.5. The van der Waals surface area contributed by atoms with Crippen LogP contribution in [-0.2, 0) is 11.2 Å². The predicted molar refractivity (Wildman–Crippen MR) is 66.9 cm³/mol. The largest absolute Gasteiger partial charge is 0.398 e. The molecule has 1 fully saturated rings. The van der Waals surface area contributed by atoms with E-state index in [2.05, 4.69) is 9.38 Å². The van der Waals surface area contributed by atoms with E-state index in [0.717, 1.165) is 49.5 Å². The first-order valence-corrected chi connectivity index (χ1v) is 6.12. The molecule has 0 bridgehead atoms. The van der Waals surface area contributed by atoms with Crippen molar-refractivity contribution < 1.29 is 4.74 Å². The molecule has 4 heteroatoms. The number of hydrogen-bond donors (Lipinski definition) is 1. The third kappa shape index (κ3) is 2.13. The lowest BCUT2D eigenvalue weighted by atomic mass is 9.96. The summed E-state index contributed by atoms with van der Waals surface area (Å²) in [5, 5.41) is 0. The van der Waals surface area contributed by atoms with Gasteiger partial charge in [-0.2, -0.15) is 0 Å². The van der Waals surface area contributed by atoms with E-state index in [-0.39, 0.29) is 0 Å². The minimum Gasteiger partial charge on any atom is -0.398 e. The molecule has 0 saturated carbocycles. The van der Waals surface area contributed by atoms with Crippen LogP contribution in [0.5, 0.6) is 0 Å². The summed E-state index contributed by atoms with van der Waals surface area (Å²) in [6.45, 7) is 1.77. The number of fused-ring (bicyclic) bond motifs is 1. The van der Waals surface area contributed by atoms with Gasteiger partial charge in [-0.15, -0.1) is 0 Å². The molecule has 2 aromatic rings. The molecule has 0 amide bonds. The lowest BCUT2D eigenvalue weighted by molar-refractivity contribution is 0.0659. The van der Waals surface area contributed by atoms with Crippen LogP contribution in [0.1, 0.15) is 18.7 Å². The number of nitrogens with zero attached hydrogens (tertiary/aromatic N) is 2. The van der Waals surface area contributed by atoms with Crippen LogP contribution >= 0.6 is 0 Å². The van der Waals surface area contributed by atoms with Gasteiger partial charge in [0.25, 0.3) is 0 Å². The Hall–Kier alpha value is -1.55. The van der Waals surface area contributed by atoms with Gasteiger partial charge in [-0.05, 0) is 30.9 Å². The normalized spacial score (nSPS) is 17.6. The van der Waals surface area contributed by atoms with Crippen molar-refractivity contribution in [2.45, 2.75) is 19.3 Å². The summed E-state index contributed by atoms with van der Waals surface area (Å²) < 4.78 is 7.48. The van der Waals surface area contributed by atoms with Crippen molar-refractivity contribution in [3.63, 3.8) is 0 Å². The summed E-state index contributed by atoms with van der Waals surface area (Å²) in [5.41, 5.74) is 7.71. The minimum absolute atomic E-state index is 0.691. The fourth-order valence-electron chi connectivity index (χ4n) is 2.42. The van der Waals surface area contributed by atoms with Crippen LogP contribution in [0.25, 0.3) is 5.52 Å². The van der Waals surface area contributed by atoms with Crippen molar-refractivity contribution in [2.75, 3.05) is 18.9 Å². The summed E-state index contributed by atoms with van der Waals surface area (Å²) in [6, 6.07) is 3.92. The number of hydrogen-bond acceptors (Lipinski definition) is 3. The van der Waals surface area contributed by atoms with Crippen molar-refractivity contribution in [1.82, 2.24) is 9.38 Å². The maximum absolute atomic E-state index is 5.82. The highest BCUT2D eigenvalue weighted by Crippen LogP contribution is 2.20. The summed E-state index contributed by atoms with van der Waals surface area (Å²) in [6.07, 6.45) is 7.15. The summed E-state index contributed by atoms with van der Waals surface area (Å²) in [4.78, 5) is 4.50. The maximum atomic E-state index is 5.82. The molecule has 0 radical (unpaired) electrons. The first-order chi connectivity index (χ1) is 8.33. The second-order valence-corrected chi connectivity index (χ2v) is 4.69. The van der Waals surface area contributed by atoms with Gasteiger partial charge < -0.3 is 14.9 Å². The molecule has 1 aliphatic heterocycles. The topological polar surface area (TPSA) is 52.5 Å². The van der Waals surface area contributed by atoms with Gasteiger partial charge in [0.05, 0.1) is 11.7 Å². The minimum atomic E-state index is 0.691. The highest BCUT2D eigenvalue weighted by molar-refractivity contribution is 5.52. The molecule has 0 aliphatic carbocycles. The number of nitrogens with two attached hydrogens (primary N) is 1. The van der Waals surface area contributed by atoms with Crippen LogP contribution in [0.4, 0.5) is 5.69 Å². The second-order valence-electron chi connectivity index (χ2n) is 4.69. The average Bonchev–Trinajstić information content (AvgIpc) is 2.73. The smallest absolute Gasteiger partial charge is 0.113 e. The van der Waals surface area contributed by atoms with Crippen molar-refractivity contribution in [3.05, 3.63) is 30.4 Å². The van der Waals surface area contributed by atoms with Crippen LogP contribution in [0, 0.1) is 5.92 Å². The van der Waals surface area contributed by atoms with E-state index in [1.165, 1.54) is 0 Å². The number of pyridine rings is 1. The molecular weight excluding hydrogens is 214 g/mol. The molecule has 0 unspecified atom stereocenters. The van der Waals surface area contributed by atoms with Gasteiger partial charge in [-0.3, -0.25) is 0 Å². The molecule has 3 rings (SSSR count). The fourth-order valence-corrected chi connectivity index (χ4v) is 2.42. The molecule has 0 atom stereocenters. The zero-order valence-corrected chi connectivity index (χ0v) is 9.80. The maximum Gasteiger partial charge on any atom is 0.113 e. The summed E-state index contributed by atoms with van der Waals surface area (Å²) in [5.74, 6) is 1.80. The molecule has 4 nitrogen and oxygen atoms in total. The number of rotatable bonds is 2. The van der Waals surface area contributed by atoms with Crippen LogP contribution in [0.3, 0.4) is 0 Å². The van der Waals surface area contributed by atoms with Crippen molar-refractivity contribution >= 4 is 11.2 Å². The Bertz CT molecular complexity index is 514. The predicted octanol–water partition coefficient (Wildman–Crippen LogP) is 1.89. The lowest BCUT2D eigenvalue weighted by Crippen LogP contribution is -2.18. The molecule has 3 heterocycles. The number of imidazole rings is 1. The first kappa shape index (κ1) is 10.6. The molecular formula is C13H17N3O. The van der Waals surface area contributed by atoms with Gasteiger partial charge in [-0.1, -0.05) is 0 Å². The Morgan fingerprint density at radius 1 is 1.35 bits per heavy atom. The van der Waals surface area contributed by atoms with E-state index in [0.29, 0.717) is 5.92 Å². The van der Waals surface area contributed by atoms with Crippen LogP contribution in [0.15, 0.2) is 24.5 Å². The Kier molecular flexibility index (Phi) is 2.73. The quantitative estimate of drug-likeness (QED) is 0.858. The number of aromatic nitrogens is 2. The van der Waals surface area contributed by atoms with E-state index < -0.39 is 0 Å². The van der Waals surface area contributed by atoms with Crippen molar-refractivity contribution in [3.8, 4) is 0 Å². The number of nitrogen functional groups attached to an aromatic ring is 1. The van der Waals surface area contributed by atoms with Crippen molar-refractivity contribution in [1.29, 1.82) is 0 Å². The summed E-state index contributed by atoms with van der Waals surface area (Å²) >= 11 is 0. The van der Waals surface area contributed by atoms with Crippen LogP contribution in [0.2, 0.25) is 0 Å². The average molecular weight is 231 g/mol. The molecule has 1 saturated heterocycles. The Morgan fingerprint density at radius 3 is 3.00 bits per heavy atom. The van der Waals surface area contributed by atoms with Gasteiger partial charge in [0.15, 0.2) is 0 Å². The zero-order valence-electron chi connectivity index (χ0n) is 9.80. The van der Waals surface area contributed by atoms with E-state index in [1.54, 1.807) is 0 Å². The van der Waals surface area contributed by atoms with Gasteiger partial charge in [-0.25, -0.2) is 4.98 Å².